The highest BCUT2D eigenvalue weighted by Crippen LogP contribution is 2.23. The predicted octanol–water partition coefficient (Wildman–Crippen LogP) is 2.99. The number of para-hydroxylation sites is 1. The van der Waals surface area contributed by atoms with Gasteiger partial charge in [0.2, 0.25) is 5.91 Å². The van der Waals surface area contributed by atoms with Gasteiger partial charge in [0.25, 0.3) is 0 Å². The van der Waals surface area contributed by atoms with Gasteiger partial charge in [-0.25, -0.2) is 0 Å². The Bertz CT molecular complexity index is 948. The lowest BCUT2D eigenvalue weighted by molar-refractivity contribution is -0.147. The average molecular weight is 393 g/mol. The molecule has 29 heavy (non-hydrogen) atoms. The summed E-state index contributed by atoms with van der Waals surface area (Å²) in [5, 5.41) is 2.91. The Morgan fingerprint density at radius 1 is 1.00 bits per heavy atom. The van der Waals surface area contributed by atoms with E-state index in [1.807, 2.05) is 64.1 Å². The second kappa shape index (κ2) is 8.47. The molecule has 2 aromatic carbocycles. The number of amides is 3. The fraction of sp³-hybridized carbons (Fsp3) is 0.348. The van der Waals surface area contributed by atoms with Gasteiger partial charge in [0.05, 0.1) is 0 Å². The summed E-state index contributed by atoms with van der Waals surface area (Å²) in [7, 11) is 0. The molecule has 0 unspecified atom stereocenters. The Balaban J connectivity index is 1.69. The zero-order valence-electron chi connectivity index (χ0n) is 17.4. The molecular formula is C23H27N3O3. The van der Waals surface area contributed by atoms with Crippen LogP contribution in [0.4, 0.5) is 11.4 Å². The summed E-state index contributed by atoms with van der Waals surface area (Å²) in [5.41, 5.74) is 5.59. The number of hydrogen-bond acceptors (Lipinski definition) is 3. The third-order valence-electron chi connectivity index (χ3n) is 5.17. The first-order valence-corrected chi connectivity index (χ1v) is 9.87. The minimum absolute atomic E-state index is 0.136. The second-order valence-electron chi connectivity index (χ2n) is 7.54. The van der Waals surface area contributed by atoms with E-state index in [1.165, 1.54) is 9.80 Å². The lowest BCUT2D eigenvalue weighted by Gasteiger charge is -2.33. The van der Waals surface area contributed by atoms with Crippen molar-refractivity contribution in [3.05, 3.63) is 58.7 Å². The maximum absolute atomic E-state index is 12.7. The van der Waals surface area contributed by atoms with Crippen LogP contribution in [0, 0.1) is 20.8 Å². The molecule has 1 fully saturated rings. The van der Waals surface area contributed by atoms with Crippen LogP contribution in [0.3, 0.4) is 0 Å². The van der Waals surface area contributed by atoms with Gasteiger partial charge in [0, 0.05) is 24.5 Å². The summed E-state index contributed by atoms with van der Waals surface area (Å²) < 4.78 is 0. The van der Waals surface area contributed by atoms with Crippen molar-refractivity contribution in [3.8, 4) is 0 Å². The summed E-state index contributed by atoms with van der Waals surface area (Å²) in [6, 6.07) is 11.7. The van der Waals surface area contributed by atoms with E-state index in [4.69, 9.17) is 0 Å². The number of nitrogens with zero attached hydrogens (tertiary/aromatic N) is 2. The summed E-state index contributed by atoms with van der Waals surface area (Å²) in [6.07, 6.45) is 0.795. The van der Waals surface area contributed by atoms with Crippen LogP contribution in [0.5, 0.6) is 0 Å². The van der Waals surface area contributed by atoms with E-state index in [9.17, 15) is 14.4 Å². The van der Waals surface area contributed by atoms with Crippen LogP contribution in [0.15, 0.2) is 36.4 Å². The third kappa shape index (κ3) is 4.47. The summed E-state index contributed by atoms with van der Waals surface area (Å²) in [5.74, 6) is -1.54. The van der Waals surface area contributed by atoms with E-state index in [0.717, 1.165) is 40.0 Å². The Morgan fingerprint density at radius 3 is 2.34 bits per heavy atom. The molecule has 3 rings (SSSR count). The fourth-order valence-corrected chi connectivity index (χ4v) is 3.73. The minimum Gasteiger partial charge on any atom is -0.324 e. The van der Waals surface area contributed by atoms with E-state index in [1.54, 1.807) is 0 Å². The van der Waals surface area contributed by atoms with Gasteiger partial charge in [-0.15, -0.1) is 0 Å². The summed E-state index contributed by atoms with van der Waals surface area (Å²) in [6.45, 7) is 8.43. The van der Waals surface area contributed by atoms with Crippen LogP contribution in [-0.4, -0.2) is 42.3 Å². The van der Waals surface area contributed by atoms with Crippen molar-refractivity contribution in [2.24, 2.45) is 0 Å². The molecule has 0 saturated carbocycles. The molecule has 3 amide bonds. The maximum Gasteiger partial charge on any atom is 0.316 e. The second-order valence-corrected chi connectivity index (χ2v) is 7.54. The van der Waals surface area contributed by atoms with Crippen molar-refractivity contribution in [2.45, 2.75) is 34.1 Å². The number of hydrogen-bond donors (Lipinski definition) is 1. The largest absolute Gasteiger partial charge is 0.324 e. The number of anilines is 2. The highest BCUT2D eigenvalue weighted by Gasteiger charge is 2.34. The third-order valence-corrected chi connectivity index (χ3v) is 5.17. The molecular weight excluding hydrogens is 366 g/mol. The molecule has 152 valence electrons. The normalized spacial score (nSPS) is 14.3. The number of carbonyl (C=O) groups is 3. The molecule has 1 aliphatic heterocycles. The van der Waals surface area contributed by atoms with Gasteiger partial charge in [0.1, 0.15) is 6.54 Å². The van der Waals surface area contributed by atoms with Crippen molar-refractivity contribution in [3.63, 3.8) is 0 Å². The molecule has 0 aliphatic carbocycles. The van der Waals surface area contributed by atoms with E-state index in [2.05, 4.69) is 5.32 Å². The fourth-order valence-electron chi connectivity index (χ4n) is 3.73. The molecule has 0 aromatic heterocycles. The smallest absolute Gasteiger partial charge is 0.316 e. The molecule has 2 aromatic rings. The first kappa shape index (κ1) is 20.6. The zero-order valence-corrected chi connectivity index (χ0v) is 17.4. The average Bonchev–Trinajstić information content (AvgIpc) is 2.66. The van der Waals surface area contributed by atoms with Gasteiger partial charge in [-0.3, -0.25) is 14.4 Å². The van der Waals surface area contributed by atoms with Crippen molar-refractivity contribution >= 4 is 29.1 Å². The number of piperazine rings is 1. The van der Waals surface area contributed by atoms with Crippen LogP contribution in [0.25, 0.3) is 0 Å². The molecule has 1 heterocycles. The van der Waals surface area contributed by atoms with Crippen LogP contribution in [-0.2, 0) is 20.8 Å². The van der Waals surface area contributed by atoms with Gasteiger partial charge >= 0.3 is 11.8 Å². The SMILES string of the molecule is CCc1cccc(C)c1NC(=O)CN1CCN(c2cc(C)cc(C)c2)C(=O)C1=O. The number of rotatable bonds is 5. The molecule has 6 nitrogen and oxygen atoms in total. The van der Waals surface area contributed by atoms with Crippen LogP contribution in [0.1, 0.15) is 29.2 Å². The molecule has 1 N–H and O–H groups in total. The molecule has 1 saturated heterocycles. The topological polar surface area (TPSA) is 69.7 Å². The minimum atomic E-state index is -0.647. The highest BCUT2D eigenvalue weighted by molar-refractivity contribution is 6.41. The van der Waals surface area contributed by atoms with E-state index in [-0.39, 0.29) is 12.5 Å². The van der Waals surface area contributed by atoms with Crippen molar-refractivity contribution in [1.82, 2.24) is 4.90 Å². The van der Waals surface area contributed by atoms with Crippen molar-refractivity contribution in [1.29, 1.82) is 0 Å². The lowest BCUT2D eigenvalue weighted by atomic mass is 10.1. The molecule has 6 heteroatoms. The quantitative estimate of drug-likeness (QED) is 0.794. The summed E-state index contributed by atoms with van der Waals surface area (Å²) in [4.78, 5) is 40.6. The Hall–Kier alpha value is -3.15. The molecule has 1 aliphatic rings. The highest BCUT2D eigenvalue weighted by atomic mass is 16.2. The number of nitrogens with one attached hydrogen (secondary N) is 1. The number of aryl methyl sites for hydroxylation is 4. The standard InChI is InChI=1S/C23H27N3O3/c1-5-18-8-6-7-17(4)21(18)24-20(27)14-25-9-10-26(23(29)22(25)28)19-12-15(2)11-16(3)13-19/h6-8,11-13H,5,9-10,14H2,1-4H3,(H,24,27). The van der Waals surface area contributed by atoms with E-state index < -0.39 is 11.8 Å². The Kier molecular flexibility index (Phi) is 6.01. The van der Waals surface area contributed by atoms with Crippen LogP contribution >= 0.6 is 0 Å². The van der Waals surface area contributed by atoms with Crippen LogP contribution in [0.2, 0.25) is 0 Å². The monoisotopic (exact) mass is 393 g/mol. The first-order valence-electron chi connectivity index (χ1n) is 9.87. The van der Waals surface area contributed by atoms with Crippen LogP contribution < -0.4 is 10.2 Å². The molecule has 0 bridgehead atoms. The zero-order chi connectivity index (χ0) is 21.1. The Morgan fingerprint density at radius 2 is 1.69 bits per heavy atom. The molecule has 0 radical (unpaired) electrons. The van der Waals surface area contributed by atoms with Gasteiger partial charge in [-0.1, -0.05) is 31.2 Å². The molecule has 0 atom stereocenters. The van der Waals surface area contributed by atoms with Gasteiger partial charge in [0.15, 0.2) is 0 Å². The van der Waals surface area contributed by atoms with Gasteiger partial charge in [-0.2, -0.15) is 0 Å². The van der Waals surface area contributed by atoms with E-state index >= 15 is 0 Å². The van der Waals surface area contributed by atoms with Gasteiger partial charge < -0.3 is 15.1 Å². The van der Waals surface area contributed by atoms with Gasteiger partial charge in [-0.05, 0) is 61.6 Å². The lowest BCUT2D eigenvalue weighted by Crippen LogP contribution is -2.56. The number of benzene rings is 2. The van der Waals surface area contributed by atoms with Crippen molar-refractivity contribution < 1.29 is 14.4 Å². The first-order chi connectivity index (χ1) is 13.8. The number of carbonyl (C=O) groups excluding carboxylic acids is 3. The van der Waals surface area contributed by atoms with Crippen molar-refractivity contribution in [2.75, 3.05) is 29.9 Å². The predicted molar refractivity (Wildman–Crippen MR) is 114 cm³/mol. The molecule has 0 spiro atoms. The maximum atomic E-state index is 12.7. The van der Waals surface area contributed by atoms with E-state index in [0.29, 0.717) is 13.1 Å². The summed E-state index contributed by atoms with van der Waals surface area (Å²) >= 11 is 0. The Labute approximate surface area is 171 Å².